The summed E-state index contributed by atoms with van der Waals surface area (Å²) >= 11 is 0. The first-order valence-electron chi connectivity index (χ1n) is 7.21. The van der Waals surface area contributed by atoms with E-state index in [1.807, 2.05) is 12.1 Å². The molecule has 0 unspecified atom stereocenters. The number of ether oxygens (including phenoxy) is 1. The summed E-state index contributed by atoms with van der Waals surface area (Å²) in [5.74, 6) is 1.38. The van der Waals surface area contributed by atoms with Gasteiger partial charge in [0.15, 0.2) is 0 Å². The van der Waals surface area contributed by atoms with Crippen molar-refractivity contribution in [3.8, 4) is 5.75 Å². The molecule has 5 nitrogen and oxygen atoms in total. The highest BCUT2D eigenvalue weighted by Gasteiger charge is 2.29. The van der Waals surface area contributed by atoms with Crippen LogP contribution in [0.1, 0.15) is 24.8 Å². The van der Waals surface area contributed by atoms with Crippen LogP contribution in [-0.2, 0) is 10.0 Å². The molecule has 0 amide bonds. The van der Waals surface area contributed by atoms with Crippen molar-refractivity contribution in [3.05, 3.63) is 29.8 Å². The van der Waals surface area contributed by atoms with E-state index in [2.05, 4.69) is 28.7 Å². The molecule has 1 saturated heterocycles. The molecule has 0 bridgehead atoms. The SMILES string of the molecule is COc1ccc([C@H]2C[C@H](C)N(CCNS(C)(=O)=O)C2)cc1. The Labute approximate surface area is 127 Å². The monoisotopic (exact) mass is 312 g/mol. The van der Waals surface area contributed by atoms with E-state index >= 15 is 0 Å². The lowest BCUT2D eigenvalue weighted by Crippen LogP contribution is -2.36. The van der Waals surface area contributed by atoms with Crippen LogP contribution in [0.4, 0.5) is 0 Å². The van der Waals surface area contributed by atoms with Crippen LogP contribution < -0.4 is 9.46 Å². The summed E-state index contributed by atoms with van der Waals surface area (Å²) < 4.78 is 29.9. The van der Waals surface area contributed by atoms with Gasteiger partial charge in [-0.15, -0.1) is 0 Å². The van der Waals surface area contributed by atoms with Crippen molar-refractivity contribution in [1.82, 2.24) is 9.62 Å². The fraction of sp³-hybridized carbons (Fsp3) is 0.600. The molecule has 0 spiro atoms. The van der Waals surface area contributed by atoms with Crippen LogP contribution in [0, 0.1) is 0 Å². The fourth-order valence-corrected chi connectivity index (χ4v) is 3.36. The molecule has 1 aliphatic heterocycles. The van der Waals surface area contributed by atoms with E-state index in [1.165, 1.54) is 11.8 Å². The van der Waals surface area contributed by atoms with Crippen molar-refractivity contribution in [3.63, 3.8) is 0 Å². The molecular weight excluding hydrogens is 288 g/mol. The number of benzene rings is 1. The lowest BCUT2D eigenvalue weighted by atomic mass is 9.97. The highest BCUT2D eigenvalue weighted by molar-refractivity contribution is 7.88. The quantitative estimate of drug-likeness (QED) is 0.863. The lowest BCUT2D eigenvalue weighted by molar-refractivity contribution is 0.272. The van der Waals surface area contributed by atoms with Crippen molar-refractivity contribution < 1.29 is 13.2 Å². The molecule has 0 radical (unpaired) electrons. The minimum absolute atomic E-state index is 0.471. The Morgan fingerprint density at radius 3 is 2.57 bits per heavy atom. The number of methoxy groups -OCH3 is 1. The van der Waals surface area contributed by atoms with Crippen molar-refractivity contribution in [2.45, 2.75) is 25.3 Å². The van der Waals surface area contributed by atoms with Crippen molar-refractivity contribution in [2.75, 3.05) is 33.0 Å². The van der Waals surface area contributed by atoms with Gasteiger partial charge in [0.05, 0.1) is 13.4 Å². The first kappa shape index (κ1) is 16.3. The zero-order valence-corrected chi connectivity index (χ0v) is 13.7. The maximum Gasteiger partial charge on any atom is 0.208 e. The Morgan fingerprint density at radius 1 is 1.33 bits per heavy atom. The molecule has 0 aliphatic carbocycles. The summed E-state index contributed by atoms with van der Waals surface area (Å²) in [5.41, 5.74) is 1.32. The van der Waals surface area contributed by atoms with E-state index < -0.39 is 10.0 Å². The van der Waals surface area contributed by atoms with Crippen molar-refractivity contribution >= 4 is 10.0 Å². The van der Waals surface area contributed by atoms with Gasteiger partial charge in [0.25, 0.3) is 0 Å². The van der Waals surface area contributed by atoms with E-state index in [0.717, 1.165) is 25.3 Å². The van der Waals surface area contributed by atoms with Crippen LogP contribution in [0.3, 0.4) is 0 Å². The average molecular weight is 312 g/mol. The first-order chi connectivity index (χ1) is 9.89. The Kier molecular flexibility index (Phi) is 5.24. The van der Waals surface area contributed by atoms with Crippen LogP contribution in [0.25, 0.3) is 0 Å². The van der Waals surface area contributed by atoms with Gasteiger partial charge in [-0.25, -0.2) is 13.1 Å². The second kappa shape index (κ2) is 6.77. The largest absolute Gasteiger partial charge is 0.497 e. The van der Waals surface area contributed by atoms with E-state index in [4.69, 9.17) is 4.74 Å². The van der Waals surface area contributed by atoms with Gasteiger partial charge >= 0.3 is 0 Å². The second-order valence-corrected chi connectivity index (χ2v) is 7.55. The van der Waals surface area contributed by atoms with Gasteiger partial charge in [-0.1, -0.05) is 12.1 Å². The minimum Gasteiger partial charge on any atom is -0.497 e. The third-order valence-corrected chi connectivity index (χ3v) is 4.78. The summed E-state index contributed by atoms with van der Waals surface area (Å²) in [7, 11) is -1.43. The molecule has 118 valence electrons. The lowest BCUT2D eigenvalue weighted by Gasteiger charge is -2.20. The zero-order chi connectivity index (χ0) is 15.5. The average Bonchev–Trinajstić information content (AvgIpc) is 2.79. The first-order valence-corrected chi connectivity index (χ1v) is 9.11. The molecule has 0 aromatic heterocycles. The number of nitrogens with zero attached hydrogens (tertiary/aromatic N) is 1. The predicted octanol–water partition coefficient (Wildman–Crippen LogP) is 1.42. The van der Waals surface area contributed by atoms with Crippen molar-refractivity contribution in [2.24, 2.45) is 0 Å². The third-order valence-electron chi connectivity index (χ3n) is 4.05. The van der Waals surface area contributed by atoms with Crippen LogP contribution in [0.5, 0.6) is 5.75 Å². The second-order valence-electron chi connectivity index (χ2n) is 5.72. The van der Waals surface area contributed by atoms with E-state index in [1.54, 1.807) is 7.11 Å². The summed E-state index contributed by atoms with van der Waals surface area (Å²) in [6.07, 6.45) is 2.30. The van der Waals surface area contributed by atoms with Gasteiger partial charge in [0.1, 0.15) is 5.75 Å². The van der Waals surface area contributed by atoms with E-state index in [0.29, 0.717) is 18.5 Å². The van der Waals surface area contributed by atoms with Gasteiger partial charge in [0.2, 0.25) is 10.0 Å². The molecule has 1 fully saturated rings. The van der Waals surface area contributed by atoms with E-state index in [-0.39, 0.29) is 0 Å². The minimum atomic E-state index is -3.10. The molecule has 21 heavy (non-hydrogen) atoms. The predicted molar refractivity (Wildman–Crippen MR) is 84.2 cm³/mol. The fourth-order valence-electron chi connectivity index (χ4n) is 2.90. The van der Waals surface area contributed by atoms with Gasteiger partial charge in [0, 0.05) is 25.7 Å². The standard InChI is InChI=1S/C15H24N2O3S/c1-12-10-14(13-4-6-15(20-2)7-5-13)11-17(12)9-8-16-21(3,18)19/h4-7,12,14,16H,8-11H2,1-3H3/t12-,14-/m0/s1. The summed E-state index contributed by atoms with van der Waals surface area (Å²) in [5, 5.41) is 0. The van der Waals surface area contributed by atoms with Crippen LogP contribution in [0.15, 0.2) is 24.3 Å². The normalized spacial score (nSPS) is 23.4. The molecule has 0 saturated carbocycles. The molecule has 2 atom stereocenters. The maximum absolute atomic E-state index is 11.1. The number of nitrogens with one attached hydrogen (secondary N) is 1. The smallest absolute Gasteiger partial charge is 0.208 e. The highest BCUT2D eigenvalue weighted by Crippen LogP contribution is 2.32. The Balaban J connectivity index is 1.90. The molecule has 1 heterocycles. The Bertz CT molecular complexity index is 557. The number of hydrogen-bond acceptors (Lipinski definition) is 4. The Hall–Kier alpha value is -1.11. The zero-order valence-electron chi connectivity index (χ0n) is 12.9. The van der Waals surface area contributed by atoms with Gasteiger partial charge in [-0.2, -0.15) is 0 Å². The molecule has 1 aromatic rings. The van der Waals surface area contributed by atoms with Gasteiger partial charge in [-0.05, 0) is 37.0 Å². The van der Waals surface area contributed by atoms with Gasteiger partial charge < -0.3 is 4.74 Å². The topological polar surface area (TPSA) is 58.6 Å². The number of likely N-dealkylation sites (tertiary alicyclic amines) is 1. The maximum atomic E-state index is 11.1. The van der Waals surface area contributed by atoms with Crippen LogP contribution in [-0.4, -0.2) is 52.4 Å². The number of sulfonamides is 1. The van der Waals surface area contributed by atoms with Crippen LogP contribution >= 0.6 is 0 Å². The van der Waals surface area contributed by atoms with Gasteiger partial charge in [-0.3, -0.25) is 4.90 Å². The molecule has 2 rings (SSSR count). The number of rotatable bonds is 6. The molecule has 6 heteroatoms. The molecular formula is C15H24N2O3S. The molecule has 1 aliphatic rings. The molecule has 1 N–H and O–H groups in total. The summed E-state index contributed by atoms with van der Waals surface area (Å²) in [6.45, 7) is 4.39. The molecule has 1 aromatic carbocycles. The third kappa shape index (κ3) is 4.69. The van der Waals surface area contributed by atoms with Crippen LogP contribution in [0.2, 0.25) is 0 Å². The highest BCUT2D eigenvalue weighted by atomic mass is 32.2. The number of hydrogen-bond donors (Lipinski definition) is 1. The summed E-state index contributed by atoms with van der Waals surface area (Å²) in [4.78, 5) is 2.34. The summed E-state index contributed by atoms with van der Waals surface area (Å²) in [6, 6.07) is 8.70. The van der Waals surface area contributed by atoms with Crippen molar-refractivity contribution in [1.29, 1.82) is 0 Å². The van der Waals surface area contributed by atoms with E-state index in [9.17, 15) is 8.42 Å². The Morgan fingerprint density at radius 2 is 2.00 bits per heavy atom.